The maximum Gasteiger partial charge on any atom is 0.239 e. The first-order valence-corrected chi connectivity index (χ1v) is 6.82. The topological polar surface area (TPSA) is 35.6 Å². The van der Waals surface area contributed by atoms with E-state index in [0.717, 1.165) is 25.9 Å². The summed E-state index contributed by atoms with van der Waals surface area (Å²) in [4.78, 5) is 16.9. The van der Waals surface area contributed by atoms with E-state index in [1.54, 1.807) is 0 Å². The molecule has 1 heterocycles. The van der Waals surface area contributed by atoms with Crippen LogP contribution in [0, 0.1) is 0 Å². The lowest BCUT2D eigenvalue weighted by Gasteiger charge is -2.30. The number of hydrogen-bond acceptors (Lipinski definition) is 3. The molecule has 1 saturated heterocycles. The number of rotatable bonds is 4. The summed E-state index contributed by atoms with van der Waals surface area (Å²) < 4.78 is 0. The predicted octanol–water partition coefficient (Wildman–Crippen LogP) is 0.680. The molecule has 2 atom stereocenters. The first kappa shape index (κ1) is 12.8. The Morgan fingerprint density at radius 1 is 1.35 bits per heavy atom. The van der Waals surface area contributed by atoms with Gasteiger partial charge in [0.2, 0.25) is 5.91 Å². The second-order valence-corrected chi connectivity index (χ2v) is 5.46. The van der Waals surface area contributed by atoms with Crippen molar-refractivity contribution in [2.24, 2.45) is 0 Å². The monoisotopic (exact) mass is 239 g/mol. The molecule has 0 aromatic heterocycles. The van der Waals surface area contributed by atoms with Gasteiger partial charge in [-0.25, -0.2) is 0 Å². The molecule has 0 aromatic rings. The van der Waals surface area contributed by atoms with Crippen molar-refractivity contribution in [3.8, 4) is 0 Å². The molecule has 0 spiro atoms. The van der Waals surface area contributed by atoms with Crippen LogP contribution in [0.15, 0.2) is 0 Å². The van der Waals surface area contributed by atoms with Gasteiger partial charge in [-0.05, 0) is 46.2 Å². The van der Waals surface area contributed by atoms with Gasteiger partial charge in [0.15, 0.2) is 0 Å². The van der Waals surface area contributed by atoms with Crippen molar-refractivity contribution >= 4 is 5.91 Å². The molecule has 1 aliphatic carbocycles. The van der Waals surface area contributed by atoms with Gasteiger partial charge in [0.1, 0.15) is 0 Å². The lowest BCUT2D eigenvalue weighted by atomic mass is 10.1. The smallest absolute Gasteiger partial charge is 0.239 e. The van der Waals surface area contributed by atoms with Crippen molar-refractivity contribution in [2.45, 2.75) is 50.7 Å². The Bertz CT molecular complexity index is 278. The van der Waals surface area contributed by atoms with E-state index in [-0.39, 0.29) is 6.04 Å². The molecule has 98 valence electrons. The lowest BCUT2D eigenvalue weighted by molar-refractivity contribution is -0.136. The van der Waals surface area contributed by atoms with Crippen LogP contribution in [0.5, 0.6) is 0 Å². The summed E-state index contributed by atoms with van der Waals surface area (Å²) in [5.41, 5.74) is 0. The van der Waals surface area contributed by atoms with E-state index in [2.05, 4.69) is 17.1 Å². The quantitative estimate of drug-likeness (QED) is 0.783. The molecule has 1 saturated carbocycles. The molecule has 2 aliphatic rings. The zero-order valence-electron chi connectivity index (χ0n) is 11.3. The number of carbonyl (C=O) groups is 1. The summed E-state index contributed by atoms with van der Waals surface area (Å²) in [6.07, 6.45) is 4.60. The number of nitrogens with one attached hydrogen (secondary N) is 1. The average molecular weight is 239 g/mol. The summed E-state index contributed by atoms with van der Waals surface area (Å²) in [6, 6.07) is 1.16. The van der Waals surface area contributed by atoms with Crippen LogP contribution < -0.4 is 5.32 Å². The highest BCUT2D eigenvalue weighted by atomic mass is 16.2. The number of amides is 1. The fourth-order valence-electron chi connectivity index (χ4n) is 2.69. The van der Waals surface area contributed by atoms with Crippen LogP contribution in [0.25, 0.3) is 0 Å². The Hall–Kier alpha value is -0.610. The van der Waals surface area contributed by atoms with E-state index in [1.807, 2.05) is 19.0 Å². The van der Waals surface area contributed by atoms with Gasteiger partial charge in [-0.15, -0.1) is 0 Å². The molecule has 2 rings (SSSR count). The molecule has 0 radical (unpaired) electrons. The van der Waals surface area contributed by atoms with Crippen LogP contribution in [0.1, 0.15) is 32.6 Å². The van der Waals surface area contributed by atoms with Gasteiger partial charge < -0.3 is 10.2 Å². The van der Waals surface area contributed by atoms with Crippen molar-refractivity contribution in [3.63, 3.8) is 0 Å². The van der Waals surface area contributed by atoms with Crippen molar-refractivity contribution in [1.29, 1.82) is 0 Å². The molecular formula is C13H25N3O. The summed E-state index contributed by atoms with van der Waals surface area (Å²) in [5, 5.41) is 3.16. The van der Waals surface area contributed by atoms with Crippen molar-refractivity contribution in [1.82, 2.24) is 15.1 Å². The van der Waals surface area contributed by atoms with E-state index >= 15 is 0 Å². The molecule has 0 aromatic carbocycles. The van der Waals surface area contributed by atoms with Crippen molar-refractivity contribution in [2.75, 3.05) is 27.2 Å². The first-order valence-electron chi connectivity index (χ1n) is 6.82. The highest BCUT2D eigenvalue weighted by Crippen LogP contribution is 2.32. The highest BCUT2D eigenvalue weighted by molar-refractivity contribution is 5.82. The maximum atomic E-state index is 12.5. The summed E-state index contributed by atoms with van der Waals surface area (Å²) in [7, 11) is 3.91. The molecule has 2 unspecified atom stereocenters. The zero-order valence-corrected chi connectivity index (χ0v) is 11.3. The Morgan fingerprint density at radius 3 is 2.65 bits per heavy atom. The fourth-order valence-corrected chi connectivity index (χ4v) is 2.69. The summed E-state index contributed by atoms with van der Waals surface area (Å²) in [5.74, 6) is 0.317. The van der Waals surface area contributed by atoms with E-state index in [1.165, 1.54) is 12.8 Å². The molecule has 1 amide bonds. The molecule has 0 bridgehead atoms. The number of likely N-dealkylation sites (N-methyl/N-ethyl adjacent to an activating group) is 1. The summed E-state index contributed by atoms with van der Waals surface area (Å²) >= 11 is 0. The van der Waals surface area contributed by atoms with E-state index < -0.39 is 0 Å². The van der Waals surface area contributed by atoms with Gasteiger partial charge in [-0.3, -0.25) is 9.69 Å². The third kappa shape index (κ3) is 2.80. The standard InChI is InChI=1S/C13H25N3O/c1-10-7-9-16(11-4-5-11)12(6-8-14-2)13(17)15(10)3/h10-12,14H,4-9H2,1-3H3. The minimum Gasteiger partial charge on any atom is -0.342 e. The Balaban J connectivity index is 2.09. The second-order valence-electron chi connectivity index (χ2n) is 5.46. The zero-order chi connectivity index (χ0) is 12.4. The van der Waals surface area contributed by atoms with Gasteiger partial charge in [0, 0.05) is 25.7 Å². The SMILES string of the molecule is CNCCC1C(=O)N(C)C(C)CCN1C1CC1. The summed E-state index contributed by atoms with van der Waals surface area (Å²) in [6.45, 7) is 4.15. The van der Waals surface area contributed by atoms with E-state index in [4.69, 9.17) is 0 Å². The predicted molar refractivity (Wildman–Crippen MR) is 68.9 cm³/mol. The Kier molecular flexibility index (Phi) is 4.05. The molecule has 1 aliphatic heterocycles. The van der Waals surface area contributed by atoms with Crippen LogP contribution in [-0.4, -0.2) is 61.0 Å². The second kappa shape index (κ2) is 5.36. The molecule has 4 nitrogen and oxygen atoms in total. The molecular weight excluding hydrogens is 214 g/mol. The molecule has 1 N–H and O–H groups in total. The third-order valence-corrected chi connectivity index (χ3v) is 4.18. The van der Waals surface area contributed by atoms with Crippen molar-refractivity contribution in [3.05, 3.63) is 0 Å². The highest BCUT2D eigenvalue weighted by Gasteiger charge is 2.40. The minimum absolute atomic E-state index is 0.102. The van der Waals surface area contributed by atoms with Crippen LogP contribution in [-0.2, 0) is 4.79 Å². The number of nitrogens with zero attached hydrogens (tertiary/aromatic N) is 2. The van der Waals surface area contributed by atoms with E-state index in [9.17, 15) is 4.79 Å². The third-order valence-electron chi connectivity index (χ3n) is 4.18. The van der Waals surface area contributed by atoms with Crippen LogP contribution >= 0.6 is 0 Å². The van der Waals surface area contributed by atoms with Crippen LogP contribution in [0.2, 0.25) is 0 Å². The Morgan fingerprint density at radius 2 is 2.06 bits per heavy atom. The van der Waals surface area contributed by atoms with Crippen molar-refractivity contribution < 1.29 is 4.79 Å². The number of hydrogen-bond donors (Lipinski definition) is 1. The first-order chi connectivity index (χ1) is 8.15. The average Bonchev–Trinajstić information content (AvgIpc) is 3.14. The van der Waals surface area contributed by atoms with Gasteiger partial charge in [0.05, 0.1) is 6.04 Å². The lowest BCUT2D eigenvalue weighted by Crippen LogP contribution is -2.47. The number of carbonyl (C=O) groups excluding carboxylic acids is 1. The van der Waals surface area contributed by atoms with Crippen LogP contribution in [0.4, 0.5) is 0 Å². The molecule has 2 fully saturated rings. The molecule has 4 heteroatoms. The maximum absolute atomic E-state index is 12.5. The normalized spacial score (nSPS) is 31.7. The minimum atomic E-state index is 0.102. The van der Waals surface area contributed by atoms with Gasteiger partial charge in [-0.2, -0.15) is 0 Å². The van der Waals surface area contributed by atoms with Gasteiger partial charge >= 0.3 is 0 Å². The fraction of sp³-hybridized carbons (Fsp3) is 0.923. The van der Waals surface area contributed by atoms with E-state index in [0.29, 0.717) is 18.0 Å². The van der Waals surface area contributed by atoms with Crippen LogP contribution in [0.3, 0.4) is 0 Å². The van der Waals surface area contributed by atoms with Gasteiger partial charge in [0.25, 0.3) is 0 Å². The van der Waals surface area contributed by atoms with Gasteiger partial charge in [-0.1, -0.05) is 0 Å². The Labute approximate surface area is 104 Å². The molecule has 17 heavy (non-hydrogen) atoms. The largest absolute Gasteiger partial charge is 0.342 e.